The molecule has 0 bridgehead atoms. The minimum atomic E-state index is -0.0881. The molecule has 1 aromatic rings. The van der Waals surface area contributed by atoms with Crippen LogP contribution >= 0.6 is 12.4 Å². The van der Waals surface area contributed by atoms with E-state index in [0.717, 1.165) is 24.1 Å². The maximum absolute atomic E-state index is 13.3. The molecule has 0 aromatic heterocycles. The van der Waals surface area contributed by atoms with E-state index in [0.29, 0.717) is 6.04 Å². The zero-order chi connectivity index (χ0) is 9.97. The SMILES string of the molecule is Cc1c(F)cccc1[C@@H]1CCCCN1.Cl. The number of halogens is 2. The molecular weight excluding hydrogens is 213 g/mol. The fourth-order valence-electron chi connectivity index (χ4n) is 2.12. The van der Waals surface area contributed by atoms with E-state index in [1.807, 2.05) is 13.0 Å². The average molecular weight is 230 g/mol. The van der Waals surface area contributed by atoms with Gasteiger partial charge in [0.2, 0.25) is 0 Å². The molecule has 1 aliphatic rings. The van der Waals surface area contributed by atoms with Crippen molar-refractivity contribution in [3.63, 3.8) is 0 Å². The highest BCUT2D eigenvalue weighted by atomic mass is 35.5. The third-order valence-corrected chi connectivity index (χ3v) is 3.00. The quantitative estimate of drug-likeness (QED) is 0.779. The van der Waals surface area contributed by atoms with Crippen molar-refractivity contribution in [1.82, 2.24) is 5.32 Å². The molecule has 1 atom stereocenters. The molecule has 0 aliphatic carbocycles. The lowest BCUT2D eigenvalue weighted by atomic mass is 9.94. The van der Waals surface area contributed by atoms with Crippen molar-refractivity contribution in [1.29, 1.82) is 0 Å². The maximum Gasteiger partial charge on any atom is 0.126 e. The second-order valence-electron chi connectivity index (χ2n) is 3.96. The molecule has 0 radical (unpaired) electrons. The van der Waals surface area contributed by atoms with E-state index in [1.165, 1.54) is 18.9 Å². The lowest BCUT2D eigenvalue weighted by Gasteiger charge is -2.25. The molecule has 1 saturated heterocycles. The van der Waals surface area contributed by atoms with Gasteiger partial charge in [-0.2, -0.15) is 0 Å². The summed E-state index contributed by atoms with van der Waals surface area (Å²) in [5, 5.41) is 3.44. The largest absolute Gasteiger partial charge is 0.310 e. The molecule has 1 aromatic carbocycles. The zero-order valence-corrected chi connectivity index (χ0v) is 9.74. The van der Waals surface area contributed by atoms with Crippen molar-refractivity contribution in [2.75, 3.05) is 6.54 Å². The van der Waals surface area contributed by atoms with E-state index in [-0.39, 0.29) is 18.2 Å². The van der Waals surface area contributed by atoms with Gasteiger partial charge in [-0.3, -0.25) is 0 Å². The minimum Gasteiger partial charge on any atom is -0.310 e. The van der Waals surface area contributed by atoms with Crippen LogP contribution in [0.2, 0.25) is 0 Å². The van der Waals surface area contributed by atoms with E-state index in [9.17, 15) is 4.39 Å². The van der Waals surface area contributed by atoms with Crippen LogP contribution in [0.3, 0.4) is 0 Å². The van der Waals surface area contributed by atoms with Crippen molar-refractivity contribution in [2.24, 2.45) is 0 Å². The van der Waals surface area contributed by atoms with Gasteiger partial charge in [-0.15, -0.1) is 12.4 Å². The molecule has 1 nitrogen and oxygen atoms in total. The van der Waals surface area contributed by atoms with Crippen LogP contribution in [0, 0.1) is 12.7 Å². The van der Waals surface area contributed by atoms with Gasteiger partial charge in [0.05, 0.1) is 0 Å². The minimum absolute atomic E-state index is 0. The second-order valence-corrected chi connectivity index (χ2v) is 3.96. The molecule has 0 amide bonds. The van der Waals surface area contributed by atoms with Gasteiger partial charge in [0.25, 0.3) is 0 Å². The van der Waals surface area contributed by atoms with E-state index in [4.69, 9.17) is 0 Å². The summed E-state index contributed by atoms with van der Waals surface area (Å²) in [4.78, 5) is 0. The van der Waals surface area contributed by atoms with Gasteiger partial charge in [0, 0.05) is 6.04 Å². The Kier molecular flexibility index (Phi) is 4.55. The van der Waals surface area contributed by atoms with E-state index >= 15 is 0 Å². The summed E-state index contributed by atoms with van der Waals surface area (Å²) in [6.07, 6.45) is 3.61. The predicted octanol–water partition coefficient (Wildman–Crippen LogP) is 3.37. The van der Waals surface area contributed by atoms with Gasteiger partial charge in [-0.05, 0) is 43.5 Å². The van der Waals surface area contributed by atoms with Crippen LogP contribution in [-0.4, -0.2) is 6.54 Å². The number of piperidine rings is 1. The first-order chi connectivity index (χ1) is 6.79. The highest BCUT2D eigenvalue weighted by Crippen LogP contribution is 2.26. The molecule has 15 heavy (non-hydrogen) atoms. The third kappa shape index (κ3) is 2.70. The van der Waals surface area contributed by atoms with E-state index in [1.54, 1.807) is 6.07 Å². The van der Waals surface area contributed by atoms with Crippen molar-refractivity contribution in [2.45, 2.75) is 32.2 Å². The highest BCUT2D eigenvalue weighted by Gasteiger charge is 2.17. The van der Waals surface area contributed by atoms with E-state index in [2.05, 4.69) is 5.32 Å². The molecule has 2 rings (SSSR count). The van der Waals surface area contributed by atoms with Crippen LogP contribution in [0.1, 0.15) is 36.4 Å². The molecule has 1 heterocycles. The molecule has 1 N–H and O–H groups in total. The summed E-state index contributed by atoms with van der Waals surface area (Å²) in [7, 11) is 0. The number of hydrogen-bond acceptors (Lipinski definition) is 1. The molecule has 84 valence electrons. The Bertz CT molecular complexity index is 321. The van der Waals surface area contributed by atoms with Crippen molar-refractivity contribution in [3.05, 3.63) is 35.1 Å². The molecular formula is C12H17ClFN. The van der Waals surface area contributed by atoms with Gasteiger partial charge >= 0.3 is 0 Å². The Morgan fingerprint density at radius 1 is 1.33 bits per heavy atom. The van der Waals surface area contributed by atoms with Crippen LogP contribution < -0.4 is 5.32 Å². The van der Waals surface area contributed by atoms with Crippen LogP contribution in [0.4, 0.5) is 4.39 Å². The Hall–Kier alpha value is -0.600. The topological polar surface area (TPSA) is 12.0 Å². The third-order valence-electron chi connectivity index (χ3n) is 3.00. The summed E-state index contributed by atoms with van der Waals surface area (Å²) >= 11 is 0. The predicted molar refractivity (Wildman–Crippen MR) is 63.0 cm³/mol. The summed E-state index contributed by atoms with van der Waals surface area (Å²) in [6, 6.07) is 5.72. The molecule has 0 saturated carbocycles. The van der Waals surface area contributed by atoms with Crippen LogP contribution in [0.15, 0.2) is 18.2 Å². The van der Waals surface area contributed by atoms with Gasteiger partial charge in [-0.25, -0.2) is 4.39 Å². The number of benzene rings is 1. The van der Waals surface area contributed by atoms with Crippen LogP contribution in [-0.2, 0) is 0 Å². The summed E-state index contributed by atoms with van der Waals surface area (Å²) < 4.78 is 13.3. The summed E-state index contributed by atoms with van der Waals surface area (Å²) in [5.74, 6) is -0.0881. The van der Waals surface area contributed by atoms with Crippen LogP contribution in [0.5, 0.6) is 0 Å². The lowest BCUT2D eigenvalue weighted by molar-refractivity contribution is 0.409. The average Bonchev–Trinajstić information content (AvgIpc) is 2.23. The monoisotopic (exact) mass is 229 g/mol. The normalized spacial score (nSPS) is 20.8. The van der Waals surface area contributed by atoms with Crippen molar-refractivity contribution in [3.8, 4) is 0 Å². The molecule has 0 spiro atoms. The standard InChI is InChI=1S/C12H16FN.ClH/c1-9-10(5-4-6-11(9)13)12-7-2-3-8-14-12;/h4-6,12,14H,2-3,7-8H2,1H3;1H/t12-;/m0./s1. The Labute approximate surface area is 96.5 Å². The Morgan fingerprint density at radius 3 is 2.80 bits per heavy atom. The van der Waals surface area contributed by atoms with Crippen molar-refractivity contribution < 1.29 is 4.39 Å². The lowest BCUT2D eigenvalue weighted by Crippen LogP contribution is -2.27. The highest BCUT2D eigenvalue weighted by molar-refractivity contribution is 5.85. The number of rotatable bonds is 1. The van der Waals surface area contributed by atoms with Gasteiger partial charge in [0.15, 0.2) is 0 Å². The first kappa shape index (κ1) is 12.5. The fourth-order valence-corrected chi connectivity index (χ4v) is 2.12. The molecule has 1 fully saturated rings. The van der Waals surface area contributed by atoms with Gasteiger partial charge < -0.3 is 5.32 Å². The Balaban J connectivity index is 0.00000112. The van der Waals surface area contributed by atoms with Gasteiger partial charge in [0.1, 0.15) is 5.82 Å². The van der Waals surface area contributed by atoms with Crippen molar-refractivity contribution >= 4 is 12.4 Å². The first-order valence-electron chi connectivity index (χ1n) is 5.27. The van der Waals surface area contributed by atoms with Gasteiger partial charge in [-0.1, -0.05) is 18.6 Å². The number of hydrogen-bond donors (Lipinski definition) is 1. The maximum atomic E-state index is 13.3. The fraction of sp³-hybridized carbons (Fsp3) is 0.500. The second kappa shape index (κ2) is 5.47. The van der Waals surface area contributed by atoms with E-state index < -0.39 is 0 Å². The Morgan fingerprint density at radius 2 is 2.13 bits per heavy atom. The zero-order valence-electron chi connectivity index (χ0n) is 8.92. The first-order valence-corrected chi connectivity index (χ1v) is 5.27. The number of nitrogens with one attached hydrogen (secondary N) is 1. The molecule has 1 aliphatic heterocycles. The summed E-state index contributed by atoms with van der Waals surface area (Å²) in [5.41, 5.74) is 1.93. The molecule has 0 unspecified atom stereocenters. The smallest absolute Gasteiger partial charge is 0.126 e. The molecule has 3 heteroatoms. The summed E-state index contributed by atoms with van der Waals surface area (Å²) in [6.45, 7) is 2.92. The van der Waals surface area contributed by atoms with Crippen LogP contribution in [0.25, 0.3) is 0 Å².